The normalized spacial score (nSPS) is 10.7. The summed E-state index contributed by atoms with van der Waals surface area (Å²) in [5, 5.41) is 14.8. The highest BCUT2D eigenvalue weighted by atomic mass is 35.5. The van der Waals surface area contributed by atoms with Crippen molar-refractivity contribution in [2.45, 2.75) is 5.88 Å². The average Bonchev–Trinajstić information content (AvgIpc) is 2.77. The van der Waals surface area contributed by atoms with Gasteiger partial charge in [0.2, 0.25) is 0 Å². The Labute approximate surface area is 173 Å². The minimum atomic E-state index is -0.415. The largest absolute Gasteiger partial charge is 0.506 e. The molecular weight excluding hydrogens is 386 g/mol. The van der Waals surface area contributed by atoms with Crippen molar-refractivity contribution >= 4 is 34.0 Å². The van der Waals surface area contributed by atoms with E-state index in [0.717, 1.165) is 5.56 Å². The second-order valence-corrected chi connectivity index (χ2v) is 6.78. The number of ether oxygens (including phenoxy) is 1. The molecule has 144 valence electrons. The van der Waals surface area contributed by atoms with Crippen LogP contribution in [0.15, 0.2) is 84.9 Å². The van der Waals surface area contributed by atoms with Crippen molar-refractivity contribution in [3.8, 4) is 17.2 Å². The number of anilines is 1. The lowest BCUT2D eigenvalue weighted by Crippen LogP contribution is -2.12. The number of para-hydroxylation sites is 1. The van der Waals surface area contributed by atoms with E-state index >= 15 is 0 Å². The van der Waals surface area contributed by atoms with Gasteiger partial charge in [0.25, 0.3) is 5.91 Å². The van der Waals surface area contributed by atoms with Crippen LogP contribution >= 0.6 is 11.6 Å². The first-order chi connectivity index (χ1) is 14.2. The zero-order chi connectivity index (χ0) is 20.2. The summed E-state index contributed by atoms with van der Waals surface area (Å²) >= 11 is 5.84. The van der Waals surface area contributed by atoms with Gasteiger partial charge in [-0.3, -0.25) is 4.79 Å². The maximum atomic E-state index is 12.8. The van der Waals surface area contributed by atoms with Gasteiger partial charge in [0.1, 0.15) is 17.2 Å². The number of hydrogen-bond donors (Lipinski definition) is 2. The number of phenolic OH excluding ortho intramolecular Hbond substituents is 1. The summed E-state index contributed by atoms with van der Waals surface area (Å²) in [6.45, 7) is 0. The highest BCUT2D eigenvalue weighted by Crippen LogP contribution is 2.38. The summed E-state index contributed by atoms with van der Waals surface area (Å²) in [6, 6.07) is 25.3. The van der Waals surface area contributed by atoms with E-state index in [1.165, 1.54) is 0 Å². The van der Waals surface area contributed by atoms with Gasteiger partial charge in [-0.15, -0.1) is 11.6 Å². The van der Waals surface area contributed by atoms with Crippen molar-refractivity contribution < 1.29 is 14.6 Å². The van der Waals surface area contributed by atoms with Crippen LogP contribution in [0.4, 0.5) is 5.69 Å². The molecule has 0 spiro atoms. The Kier molecular flexibility index (Phi) is 5.36. The van der Waals surface area contributed by atoms with Gasteiger partial charge in [-0.2, -0.15) is 0 Å². The Morgan fingerprint density at radius 3 is 2.24 bits per heavy atom. The van der Waals surface area contributed by atoms with Crippen LogP contribution in [0.5, 0.6) is 17.2 Å². The first kappa shape index (κ1) is 18.8. The van der Waals surface area contributed by atoms with Gasteiger partial charge in [-0.1, -0.05) is 54.6 Å². The van der Waals surface area contributed by atoms with Crippen LogP contribution in [0.2, 0.25) is 0 Å². The molecule has 2 N–H and O–H groups in total. The van der Waals surface area contributed by atoms with Gasteiger partial charge >= 0.3 is 0 Å². The summed E-state index contributed by atoms with van der Waals surface area (Å²) in [4.78, 5) is 12.8. The minimum absolute atomic E-state index is 0.0844. The number of carbonyl (C=O) groups excluding carboxylic acids is 1. The number of benzene rings is 4. The Morgan fingerprint density at radius 1 is 0.897 bits per heavy atom. The highest BCUT2D eigenvalue weighted by Gasteiger charge is 2.18. The quantitative estimate of drug-likeness (QED) is 0.383. The number of aromatic hydroxyl groups is 1. The van der Waals surface area contributed by atoms with Gasteiger partial charge in [-0.05, 0) is 35.9 Å². The van der Waals surface area contributed by atoms with Crippen molar-refractivity contribution in [3.63, 3.8) is 0 Å². The third kappa shape index (κ3) is 4.03. The maximum absolute atomic E-state index is 12.8. The number of amides is 1. The molecule has 0 unspecified atom stereocenters. The SMILES string of the molecule is O=C(Nc1ccccc1)c1cc(Oc2ccc(CCl)cc2)c2ccccc2c1O. The second-order valence-electron chi connectivity index (χ2n) is 6.52. The predicted molar refractivity (Wildman–Crippen MR) is 116 cm³/mol. The van der Waals surface area contributed by atoms with Gasteiger partial charge in [0, 0.05) is 22.3 Å². The molecule has 0 aromatic heterocycles. The molecule has 0 radical (unpaired) electrons. The first-order valence-electron chi connectivity index (χ1n) is 9.09. The van der Waals surface area contributed by atoms with Crippen LogP contribution in [0.1, 0.15) is 15.9 Å². The van der Waals surface area contributed by atoms with E-state index in [4.69, 9.17) is 16.3 Å². The van der Waals surface area contributed by atoms with E-state index in [9.17, 15) is 9.90 Å². The molecule has 1 amide bonds. The molecule has 4 nitrogen and oxygen atoms in total. The summed E-state index contributed by atoms with van der Waals surface area (Å²) in [6.07, 6.45) is 0. The Morgan fingerprint density at radius 2 is 1.55 bits per heavy atom. The molecule has 4 aromatic rings. The number of fused-ring (bicyclic) bond motifs is 1. The van der Waals surface area contributed by atoms with Crippen LogP contribution in [0.25, 0.3) is 10.8 Å². The molecule has 0 heterocycles. The van der Waals surface area contributed by atoms with Crippen LogP contribution in [-0.2, 0) is 5.88 Å². The molecule has 0 aliphatic heterocycles. The van der Waals surface area contributed by atoms with Crippen LogP contribution in [0, 0.1) is 0 Å². The fourth-order valence-corrected chi connectivity index (χ4v) is 3.26. The molecular formula is C24H18ClNO3. The molecule has 0 aliphatic rings. The van der Waals surface area contributed by atoms with Crippen LogP contribution in [0.3, 0.4) is 0 Å². The van der Waals surface area contributed by atoms with Gasteiger partial charge < -0.3 is 15.2 Å². The van der Waals surface area contributed by atoms with E-state index in [-0.39, 0.29) is 11.3 Å². The monoisotopic (exact) mass is 403 g/mol. The number of carbonyl (C=O) groups is 1. The lowest BCUT2D eigenvalue weighted by Gasteiger charge is -2.14. The van der Waals surface area contributed by atoms with Crippen molar-refractivity contribution in [1.29, 1.82) is 0 Å². The average molecular weight is 404 g/mol. The van der Waals surface area contributed by atoms with E-state index in [1.54, 1.807) is 30.3 Å². The summed E-state index contributed by atoms with van der Waals surface area (Å²) in [5.41, 5.74) is 1.77. The first-order valence-corrected chi connectivity index (χ1v) is 9.63. The molecule has 0 fully saturated rings. The van der Waals surface area contributed by atoms with E-state index in [2.05, 4.69) is 5.32 Å². The summed E-state index contributed by atoms with van der Waals surface area (Å²) < 4.78 is 6.05. The minimum Gasteiger partial charge on any atom is -0.506 e. The molecule has 4 rings (SSSR count). The molecule has 0 saturated heterocycles. The van der Waals surface area contributed by atoms with Gasteiger partial charge in [0.15, 0.2) is 0 Å². The number of halogens is 1. The Balaban J connectivity index is 1.75. The number of nitrogens with one attached hydrogen (secondary N) is 1. The topological polar surface area (TPSA) is 58.6 Å². The molecule has 29 heavy (non-hydrogen) atoms. The molecule has 0 saturated carbocycles. The smallest absolute Gasteiger partial charge is 0.259 e. The molecule has 0 bridgehead atoms. The van der Waals surface area contributed by atoms with Crippen LogP contribution in [-0.4, -0.2) is 11.0 Å². The summed E-state index contributed by atoms with van der Waals surface area (Å²) in [7, 11) is 0. The number of alkyl halides is 1. The Bertz CT molecular complexity index is 1160. The Hall–Kier alpha value is -3.50. The third-order valence-electron chi connectivity index (χ3n) is 4.56. The second kappa shape index (κ2) is 8.25. The highest BCUT2D eigenvalue weighted by molar-refractivity contribution is 6.17. The number of rotatable bonds is 5. The van der Waals surface area contributed by atoms with E-state index in [1.807, 2.05) is 54.6 Å². The van der Waals surface area contributed by atoms with Crippen molar-refractivity contribution in [2.24, 2.45) is 0 Å². The zero-order valence-electron chi connectivity index (χ0n) is 15.4. The molecule has 0 aliphatic carbocycles. The fourth-order valence-electron chi connectivity index (χ4n) is 3.08. The van der Waals surface area contributed by atoms with Crippen LogP contribution < -0.4 is 10.1 Å². The standard InChI is InChI=1S/C24H18ClNO3/c25-15-16-10-12-18(13-11-16)29-22-14-21(23(27)20-9-5-4-8-19(20)22)24(28)26-17-6-2-1-3-7-17/h1-14,27H,15H2,(H,26,28). The van der Waals surface area contributed by atoms with Crippen molar-refractivity contribution in [3.05, 3.63) is 96.1 Å². The molecule has 0 atom stereocenters. The summed E-state index contributed by atoms with van der Waals surface area (Å²) in [5.74, 6) is 1.02. The number of hydrogen-bond acceptors (Lipinski definition) is 3. The van der Waals surface area contributed by atoms with E-state index in [0.29, 0.717) is 33.8 Å². The van der Waals surface area contributed by atoms with Crippen molar-refractivity contribution in [2.75, 3.05) is 5.32 Å². The molecule has 5 heteroatoms. The van der Waals surface area contributed by atoms with E-state index < -0.39 is 5.91 Å². The van der Waals surface area contributed by atoms with Gasteiger partial charge in [0.05, 0.1) is 5.56 Å². The number of phenols is 1. The van der Waals surface area contributed by atoms with Crippen molar-refractivity contribution in [1.82, 2.24) is 0 Å². The maximum Gasteiger partial charge on any atom is 0.259 e. The lowest BCUT2D eigenvalue weighted by molar-refractivity contribution is 0.102. The molecule has 4 aromatic carbocycles. The fraction of sp³-hybridized carbons (Fsp3) is 0.0417. The lowest BCUT2D eigenvalue weighted by atomic mass is 10.0. The predicted octanol–water partition coefficient (Wildman–Crippen LogP) is 6.33. The third-order valence-corrected chi connectivity index (χ3v) is 4.87. The zero-order valence-corrected chi connectivity index (χ0v) is 16.2. The van der Waals surface area contributed by atoms with Gasteiger partial charge in [-0.25, -0.2) is 0 Å².